The van der Waals surface area contributed by atoms with Gasteiger partial charge in [-0.1, -0.05) is 30.0 Å². The Morgan fingerprint density at radius 1 is 1.48 bits per heavy atom. The molecule has 0 spiro atoms. The summed E-state index contributed by atoms with van der Waals surface area (Å²) in [4.78, 5) is 11.5. The minimum absolute atomic E-state index is 0.139. The summed E-state index contributed by atoms with van der Waals surface area (Å²) in [5, 5.41) is 10.7. The smallest absolute Gasteiger partial charge is 0.230 e. The first-order valence-electron chi connectivity index (χ1n) is 6.09. The van der Waals surface area contributed by atoms with Gasteiger partial charge in [0.2, 0.25) is 11.1 Å². The van der Waals surface area contributed by atoms with Crippen LogP contribution in [0.15, 0.2) is 42.1 Å². The van der Waals surface area contributed by atoms with E-state index in [1.807, 2.05) is 0 Å². The Morgan fingerprint density at radius 3 is 2.95 bits per heavy atom. The maximum Gasteiger partial charge on any atom is 0.230 e. The Bertz CT molecular complexity index is 658. The predicted octanol–water partition coefficient (Wildman–Crippen LogP) is 1.19. The van der Waals surface area contributed by atoms with Gasteiger partial charge in [-0.15, -0.1) is 16.8 Å². The van der Waals surface area contributed by atoms with Crippen LogP contribution in [0.5, 0.6) is 0 Å². The molecule has 0 unspecified atom stereocenters. The standard InChI is InChI=1S/C13H14FN5OS/c1-2-7-16-11(20)8-21-13-18-17-12(19(13)15)9-5-3-4-6-10(9)14/h2-6H,1,7-8,15H2,(H,16,20). The van der Waals surface area contributed by atoms with Crippen molar-refractivity contribution < 1.29 is 9.18 Å². The highest BCUT2D eigenvalue weighted by atomic mass is 32.2. The van der Waals surface area contributed by atoms with E-state index in [-0.39, 0.29) is 23.0 Å². The summed E-state index contributed by atoms with van der Waals surface area (Å²) in [6.45, 7) is 3.90. The number of nitrogens with two attached hydrogens (primary N) is 1. The first-order chi connectivity index (χ1) is 10.1. The highest BCUT2D eigenvalue weighted by molar-refractivity contribution is 7.99. The van der Waals surface area contributed by atoms with Crippen LogP contribution in [0.2, 0.25) is 0 Å². The molecule has 1 aromatic heterocycles. The molecular formula is C13H14FN5OS. The molecule has 0 saturated heterocycles. The monoisotopic (exact) mass is 307 g/mol. The van der Waals surface area contributed by atoms with E-state index < -0.39 is 5.82 Å². The number of nitrogens with one attached hydrogen (secondary N) is 1. The molecule has 0 bridgehead atoms. The molecule has 21 heavy (non-hydrogen) atoms. The van der Waals surface area contributed by atoms with Crippen molar-refractivity contribution in [3.05, 3.63) is 42.7 Å². The Morgan fingerprint density at radius 2 is 2.24 bits per heavy atom. The zero-order valence-electron chi connectivity index (χ0n) is 11.1. The van der Waals surface area contributed by atoms with Gasteiger partial charge < -0.3 is 11.2 Å². The summed E-state index contributed by atoms with van der Waals surface area (Å²) in [6.07, 6.45) is 1.59. The Labute approximate surface area is 125 Å². The average Bonchev–Trinajstić information content (AvgIpc) is 2.84. The van der Waals surface area contributed by atoms with Gasteiger partial charge in [-0.3, -0.25) is 4.79 Å². The Balaban J connectivity index is 2.09. The van der Waals surface area contributed by atoms with Gasteiger partial charge in [-0.25, -0.2) is 9.07 Å². The van der Waals surface area contributed by atoms with E-state index in [1.165, 1.54) is 10.7 Å². The van der Waals surface area contributed by atoms with E-state index >= 15 is 0 Å². The Kier molecular flexibility index (Phi) is 4.94. The van der Waals surface area contributed by atoms with Crippen molar-refractivity contribution in [3.63, 3.8) is 0 Å². The molecule has 2 rings (SSSR count). The van der Waals surface area contributed by atoms with Crippen molar-refractivity contribution >= 4 is 17.7 Å². The second-order valence-corrected chi connectivity index (χ2v) is 4.98. The van der Waals surface area contributed by atoms with Crippen LogP contribution in [-0.4, -0.2) is 33.1 Å². The van der Waals surface area contributed by atoms with E-state index in [1.54, 1.807) is 24.3 Å². The van der Waals surface area contributed by atoms with Crippen LogP contribution in [-0.2, 0) is 4.79 Å². The molecule has 0 aliphatic heterocycles. The maximum absolute atomic E-state index is 13.7. The number of thioether (sulfide) groups is 1. The van der Waals surface area contributed by atoms with Gasteiger partial charge in [-0.2, -0.15) is 0 Å². The Hall–Kier alpha value is -2.35. The molecule has 8 heteroatoms. The van der Waals surface area contributed by atoms with Crippen molar-refractivity contribution in [1.29, 1.82) is 0 Å². The molecule has 1 aromatic carbocycles. The average molecular weight is 307 g/mol. The lowest BCUT2D eigenvalue weighted by atomic mass is 10.2. The van der Waals surface area contributed by atoms with Crippen LogP contribution >= 0.6 is 11.8 Å². The molecule has 1 amide bonds. The van der Waals surface area contributed by atoms with Gasteiger partial charge in [0.1, 0.15) is 5.82 Å². The lowest BCUT2D eigenvalue weighted by Crippen LogP contribution is -2.25. The highest BCUT2D eigenvalue weighted by Gasteiger charge is 2.15. The SMILES string of the molecule is C=CCNC(=O)CSc1nnc(-c2ccccc2F)n1N. The van der Waals surface area contributed by atoms with Crippen LogP contribution < -0.4 is 11.2 Å². The third-order valence-electron chi connectivity index (χ3n) is 2.56. The summed E-state index contributed by atoms with van der Waals surface area (Å²) in [5.41, 5.74) is 0.260. The molecule has 110 valence electrons. The molecule has 0 fully saturated rings. The third-order valence-corrected chi connectivity index (χ3v) is 3.50. The first kappa shape index (κ1) is 15.0. The fraction of sp³-hybridized carbons (Fsp3) is 0.154. The molecule has 6 nitrogen and oxygen atoms in total. The number of nitrogen functional groups attached to an aromatic ring is 1. The predicted molar refractivity (Wildman–Crippen MR) is 79.5 cm³/mol. The minimum Gasteiger partial charge on any atom is -0.352 e. The molecule has 1 heterocycles. The zero-order chi connectivity index (χ0) is 15.2. The van der Waals surface area contributed by atoms with Gasteiger partial charge in [0.05, 0.1) is 11.3 Å². The second-order valence-electron chi connectivity index (χ2n) is 4.04. The van der Waals surface area contributed by atoms with Gasteiger partial charge >= 0.3 is 0 Å². The summed E-state index contributed by atoms with van der Waals surface area (Å²) < 4.78 is 14.9. The number of carbonyl (C=O) groups is 1. The molecule has 3 N–H and O–H groups in total. The van der Waals surface area contributed by atoms with Crippen LogP contribution in [0.1, 0.15) is 0 Å². The van der Waals surface area contributed by atoms with Crippen molar-refractivity contribution in [2.24, 2.45) is 0 Å². The van der Waals surface area contributed by atoms with Gasteiger partial charge in [0, 0.05) is 6.54 Å². The number of hydrogen-bond donors (Lipinski definition) is 2. The summed E-state index contributed by atoms with van der Waals surface area (Å²) in [6, 6.07) is 6.14. The zero-order valence-corrected chi connectivity index (χ0v) is 11.9. The van der Waals surface area contributed by atoms with Crippen molar-refractivity contribution in [3.8, 4) is 11.4 Å². The molecule has 0 aliphatic rings. The van der Waals surface area contributed by atoms with Crippen molar-refractivity contribution in [1.82, 2.24) is 20.2 Å². The van der Waals surface area contributed by atoms with E-state index in [9.17, 15) is 9.18 Å². The van der Waals surface area contributed by atoms with Crippen LogP contribution in [0, 0.1) is 5.82 Å². The first-order valence-corrected chi connectivity index (χ1v) is 7.08. The third kappa shape index (κ3) is 3.60. The summed E-state index contributed by atoms with van der Waals surface area (Å²) >= 11 is 1.12. The topological polar surface area (TPSA) is 85.8 Å². The molecule has 2 aromatic rings. The summed E-state index contributed by atoms with van der Waals surface area (Å²) in [7, 11) is 0. The summed E-state index contributed by atoms with van der Waals surface area (Å²) in [5.74, 6) is 5.59. The molecule has 0 saturated carbocycles. The number of nitrogens with zero attached hydrogens (tertiary/aromatic N) is 3. The van der Waals surface area contributed by atoms with E-state index in [0.717, 1.165) is 11.8 Å². The second kappa shape index (κ2) is 6.89. The van der Waals surface area contributed by atoms with Crippen molar-refractivity contribution in [2.45, 2.75) is 5.16 Å². The van der Waals surface area contributed by atoms with Gasteiger partial charge in [0.25, 0.3) is 0 Å². The quantitative estimate of drug-likeness (QED) is 0.476. The highest BCUT2D eigenvalue weighted by Crippen LogP contribution is 2.23. The lowest BCUT2D eigenvalue weighted by molar-refractivity contribution is -0.118. The fourth-order valence-electron chi connectivity index (χ4n) is 1.57. The van der Waals surface area contributed by atoms with Crippen LogP contribution in [0.4, 0.5) is 4.39 Å². The van der Waals surface area contributed by atoms with E-state index in [2.05, 4.69) is 22.1 Å². The number of amides is 1. The molecule has 0 aliphatic carbocycles. The van der Waals surface area contributed by atoms with E-state index in [4.69, 9.17) is 5.84 Å². The maximum atomic E-state index is 13.7. The van der Waals surface area contributed by atoms with Gasteiger partial charge in [0.15, 0.2) is 5.82 Å². The van der Waals surface area contributed by atoms with E-state index in [0.29, 0.717) is 11.7 Å². The minimum atomic E-state index is -0.433. The number of halogens is 1. The number of hydrogen-bond acceptors (Lipinski definition) is 5. The normalized spacial score (nSPS) is 10.3. The number of carbonyl (C=O) groups excluding carboxylic acids is 1. The van der Waals surface area contributed by atoms with Crippen molar-refractivity contribution in [2.75, 3.05) is 18.1 Å². The molecule has 0 atom stereocenters. The van der Waals surface area contributed by atoms with Crippen LogP contribution in [0.3, 0.4) is 0 Å². The molecular weight excluding hydrogens is 293 g/mol. The van der Waals surface area contributed by atoms with Gasteiger partial charge in [-0.05, 0) is 12.1 Å². The fourth-order valence-corrected chi connectivity index (χ4v) is 2.26. The molecule has 0 radical (unpaired) electrons. The van der Waals surface area contributed by atoms with Crippen LogP contribution in [0.25, 0.3) is 11.4 Å². The lowest BCUT2D eigenvalue weighted by Gasteiger charge is -2.04. The number of benzene rings is 1. The number of aromatic nitrogens is 3. The largest absolute Gasteiger partial charge is 0.352 e. The number of rotatable bonds is 6.